The molecule has 1 rings (SSSR count). The van der Waals surface area contributed by atoms with Crippen LogP contribution in [0.5, 0.6) is 0 Å². The van der Waals surface area contributed by atoms with Crippen molar-refractivity contribution in [2.75, 3.05) is 13.6 Å². The van der Waals surface area contributed by atoms with Gasteiger partial charge < -0.3 is 15.5 Å². The van der Waals surface area contributed by atoms with Crippen molar-refractivity contribution in [3.63, 3.8) is 0 Å². The fourth-order valence-corrected chi connectivity index (χ4v) is 2.30. The highest BCUT2D eigenvalue weighted by atomic mass is 16.2. The molecule has 2 atom stereocenters. The van der Waals surface area contributed by atoms with Gasteiger partial charge >= 0.3 is 0 Å². The van der Waals surface area contributed by atoms with Gasteiger partial charge in [0.05, 0.1) is 0 Å². The van der Waals surface area contributed by atoms with Gasteiger partial charge in [0, 0.05) is 18.3 Å². The van der Waals surface area contributed by atoms with Crippen molar-refractivity contribution in [3.05, 3.63) is 36.6 Å². The summed E-state index contributed by atoms with van der Waals surface area (Å²) in [6.45, 7) is 10.0. The van der Waals surface area contributed by atoms with Crippen LogP contribution in [-0.4, -0.2) is 42.9 Å². The van der Waals surface area contributed by atoms with E-state index in [1.54, 1.807) is 23.1 Å². The van der Waals surface area contributed by atoms with Gasteiger partial charge in [-0.05, 0) is 39.0 Å². The molecule has 5 nitrogen and oxygen atoms in total. The first-order chi connectivity index (χ1) is 10.7. The third-order valence-corrected chi connectivity index (χ3v) is 3.38. The molecule has 5 heteroatoms. The molecule has 124 valence electrons. The van der Waals surface area contributed by atoms with E-state index in [2.05, 4.69) is 17.2 Å². The average molecular weight is 307 g/mol. The molecule has 0 radical (unpaired) electrons. The third kappa shape index (κ3) is 6.26. The van der Waals surface area contributed by atoms with E-state index >= 15 is 0 Å². The minimum absolute atomic E-state index is 0.155. The Balaban J connectivity index is 0.00000211. The molecule has 2 unspecified atom stereocenters. The van der Waals surface area contributed by atoms with E-state index in [9.17, 15) is 9.59 Å². The number of likely N-dealkylation sites (tertiary alicyclic amines) is 1. The molecule has 1 fully saturated rings. The average Bonchev–Trinajstić information content (AvgIpc) is 2.56. The van der Waals surface area contributed by atoms with Crippen LogP contribution in [-0.2, 0) is 9.59 Å². The van der Waals surface area contributed by atoms with Crippen LogP contribution in [0.3, 0.4) is 0 Å². The van der Waals surface area contributed by atoms with Gasteiger partial charge in [-0.15, -0.1) is 0 Å². The highest BCUT2D eigenvalue weighted by molar-refractivity contribution is 5.85. The number of hydrogen-bond donors (Lipinski definition) is 2. The van der Waals surface area contributed by atoms with Crippen LogP contribution in [0, 0.1) is 0 Å². The fraction of sp³-hybridized carbons (Fsp3) is 0.529. The Morgan fingerprint density at radius 2 is 2.00 bits per heavy atom. The lowest BCUT2D eigenvalue weighted by Crippen LogP contribution is -2.54. The van der Waals surface area contributed by atoms with Crippen molar-refractivity contribution in [1.82, 2.24) is 15.5 Å². The minimum atomic E-state index is -0.407. The highest BCUT2D eigenvalue weighted by Crippen LogP contribution is 2.16. The predicted molar refractivity (Wildman–Crippen MR) is 91.2 cm³/mol. The number of carbonyl (C=O) groups is 2. The maximum Gasteiger partial charge on any atom is 0.247 e. The SMILES string of the molecule is C=C/C=C(\C=C/C)NC(=O)C1CCC(NC)CN1C=O.CC. The summed E-state index contributed by atoms with van der Waals surface area (Å²) in [4.78, 5) is 25.0. The number of likely N-dealkylation sites (N-methyl/N-ethyl adjacent to an activating group) is 1. The molecule has 22 heavy (non-hydrogen) atoms. The molecule has 0 bridgehead atoms. The molecule has 2 N–H and O–H groups in total. The molecule has 0 saturated carbocycles. The normalized spacial score (nSPS) is 21.8. The number of amides is 2. The summed E-state index contributed by atoms with van der Waals surface area (Å²) in [5.41, 5.74) is 0.675. The molecule has 1 heterocycles. The van der Waals surface area contributed by atoms with Crippen LogP contribution in [0.25, 0.3) is 0 Å². The first kappa shape index (κ1) is 20.1. The molecule has 0 aromatic carbocycles. The number of rotatable bonds is 6. The van der Waals surface area contributed by atoms with E-state index in [1.165, 1.54) is 0 Å². The van der Waals surface area contributed by atoms with Crippen LogP contribution < -0.4 is 10.6 Å². The number of carbonyl (C=O) groups excluding carboxylic acids is 2. The molecule has 0 aliphatic carbocycles. The second-order valence-corrected chi connectivity index (χ2v) is 4.73. The fourth-order valence-electron chi connectivity index (χ4n) is 2.30. The number of hydrogen-bond acceptors (Lipinski definition) is 3. The van der Waals surface area contributed by atoms with Gasteiger partial charge in [-0.25, -0.2) is 0 Å². The molecule has 1 aliphatic heterocycles. The topological polar surface area (TPSA) is 61.4 Å². The number of piperidine rings is 1. The van der Waals surface area contributed by atoms with Crippen LogP contribution >= 0.6 is 0 Å². The van der Waals surface area contributed by atoms with E-state index in [-0.39, 0.29) is 11.9 Å². The summed E-state index contributed by atoms with van der Waals surface area (Å²) < 4.78 is 0. The van der Waals surface area contributed by atoms with Crippen LogP contribution in [0.4, 0.5) is 0 Å². The smallest absolute Gasteiger partial charge is 0.247 e. The van der Waals surface area contributed by atoms with E-state index in [0.717, 1.165) is 12.8 Å². The summed E-state index contributed by atoms with van der Waals surface area (Å²) in [6.07, 6.45) is 9.26. The third-order valence-electron chi connectivity index (χ3n) is 3.38. The van der Waals surface area contributed by atoms with Gasteiger partial charge in [-0.3, -0.25) is 9.59 Å². The Hall–Kier alpha value is -1.88. The molecular formula is C17H29N3O2. The largest absolute Gasteiger partial charge is 0.332 e. The zero-order valence-electron chi connectivity index (χ0n) is 14.1. The van der Waals surface area contributed by atoms with Crippen molar-refractivity contribution in [2.24, 2.45) is 0 Å². The zero-order chi connectivity index (χ0) is 17.0. The molecule has 0 aromatic heterocycles. The van der Waals surface area contributed by atoms with Gasteiger partial charge in [0.15, 0.2) is 0 Å². The van der Waals surface area contributed by atoms with Gasteiger partial charge in [0.25, 0.3) is 0 Å². The van der Waals surface area contributed by atoms with Crippen molar-refractivity contribution in [2.45, 2.75) is 45.7 Å². The first-order valence-corrected chi connectivity index (χ1v) is 7.80. The second-order valence-electron chi connectivity index (χ2n) is 4.73. The maximum absolute atomic E-state index is 12.3. The summed E-state index contributed by atoms with van der Waals surface area (Å²) in [5.74, 6) is -0.155. The van der Waals surface area contributed by atoms with Crippen LogP contribution in [0.15, 0.2) is 36.6 Å². The summed E-state index contributed by atoms with van der Waals surface area (Å²) in [5, 5.41) is 5.97. The van der Waals surface area contributed by atoms with Gasteiger partial charge in [0.1, 0.15) is 6.04 Å². The minimum Gasteiger partial charge on any atom is -0.332 e. The Bertz CT molecular complexity index is 416. The lowest BCUT2D eigenvalue weighted by atomic mass is 9.98. The first-order valence-electron chi connectivity index (χ1n) is 7.80. The van der Waals surface area contributed by atoms with Crippen LogP contribution in [0.1, 0.15) is 33.6 Å². The molecule has 1 aliphatic rings. The van der Waals surface area contributed by atoms with Crippen molar-refractivity contribution < 1.29 is 9.59 Å². The maximum atomic E-state index is 12.3. The van der Waals surface area contributed by atoms with E-state index in [4.69, 9.17) is 0 Å². The van der Waals surface area contributed by atoms with Crippen molar-refractivity contribution in [1.29, 1.82) is 0 Å². The number of nitrogens with one attached hydrogen (secondary N) is 2. The summed E-state index contributed by atoms with van der Waals surface area (Å²) >= 11 is 0. The van der Waals surface area contributed by atoms with Gasteiger partial charge in [0.2, 0.25) is 12.3 Å². The molecule has 1 saturated heterocycles. The molecule has 0 aromatic rings. The molecule has 0 spiro atoms. The number of allylic oxidation sites excluding steroid dienone is 4. The van der Waals surface area contributed by atoms with Crippen molar-refractivity contribution >= 4 is 12.3 Å². The van der Waals surface area contributed by atoms with Crippen molar-refractivity contribution in [3.8, 4) is 0 Å². The summed E-state index contributed by atoms with van der Waals surface area (Å²) in [6, 6.07) is -0.154. The Morgan fingerprint density at radius 1 is 1.32 bits per heavy atom. The zero-order valence-corrected chi connectivity index (χ0v) is 14.1. The lowest BCUT2D eigenvalue weighted by Gasteiger charge is -2.36. The second kappa shape index (κ2) is 11.7. The van der Waals surface area contributed by atoms with E-state index < -0.39 is 6.04 Å². The van der Waals surface area contributed by atoms with Gasteiger partial charge in [-0.2, -0.15) is 0 Å². The monoisotopic (exact) mass is 307 g/mol. The van der Waals surface area contributed by atoms with E-state index in [0.29, 0.717) is 18.7 Å². The molecular weight excluding hydrogens is 278 g/mol. The number of nitrogens with zero attached hydrogens (tertiary/aromatic N) is 1. The van der Waals surface area contributed by atoms with Gasteiger partial charge in [-0.1, -0.05) is 32.6 Å². The summed E-state index contributed by atoms with van der Waals surface area (Å²) in [7, 11) is 1.87. The quantitative estimate of drug-likeness (QED) is 0.583. The Labute approximate surface area is 134 Å². The van der Waals surface area contributed by atoms with Crippen LogP contribution in [0.2, 0.25) is 0 Å². The Kier molecular flexibility index (Phi) is 10.7. The van der Waals surface area contributed by atoms with E-state index in [1.807, 2.05) is 33.9 Å². The molecule has 2 amide bonds. The standard InChI is InChI=1S/C15H23N3O2.C2H6/c1-4-6-12(7-5-2)17-15(20)14-9-8-13(16-3)10-18(14)11-19;1-2/h4-7,11,13-14,16H,1,8-10H2,2-3H3,(H,17,20);1-2H3/b7-5-,12-6+;. The predicted octanol–water partition coefficient (Wildman–Crippen LogP) is 1.98. The lowest BCUT2D eigenvalue weighted by molar-refractivity contribution is -0.134. The highest BCUT2D eigenvalue weighted by Gasteiger charge is 2.31. The Morgan fingerprint density at radius 3 is 2.50 bits per heavy atom.